The Morgan fingerprint density at radius 1 is 1.56 bits per heavy atom. The van der Waals surface area contributed by atoms with Crippen molar-refractivity contribution in [1.82, 2.24) is 4.90 Å². The van der Waals surface area contributed by atoms with Crippen LogP contribution >= 0.6 is 0 Å². The highest BCUT2D eigenvalue weighted by Gasteiger charge is 2.38. The van der Waals surface area contributed by atoms with Gasteiger partial charge in [-0.05, 0) is 25.7 Å². The Morgan fingerprint density at radius 3 is 3.06 bits per heavy atom. The van der Waals surface area contributed by atoms with Crippen LogP contribution in [0.5, 0.6) is 0 Å². The normalized spacial score (nSPS) is 32.3. The van der Waals surface area contributed by atoms with Crippen molar-refractivity contribution in [2.75, 3.05) is 13.2 Å². The van der Waals surface area contributed by atoms with E-state index in [2.05, 4.69) is 11.8 Å². The number of morpholine rings is 1. The van der Waals surface area contributed by atoms with Crippen molar-refractivity contribution in [2.24, 2.45) is 5.73 Å². The number of hydrogen-bond acceptors (Lipinski definition) is 3. The second-order valence-corrected chi connectivity index (χ2v) is 4.94. The van der Waals surface area contributed by atoms with Crippen LogP contribution in [-0.2, 0) is 4.74 Å². The highest BCUT2D eigenvalue weighted by molar-refractivity contribution is 5.77. The molecule has 1 heterocycles. The van der Waals surface area contributed by atoms with Crippen molar-refractivity contribution in [1.29, 1.82) is 5.41 Å². The average Bonchev–Trinajstić information content (AvgIpc) is 2.73. The molecule has 0 spiro atoms. The second-order valence-electron chi connectivity index (χ2n) is 4.94. The Balaban J connectivity index is 2.02. The maximum Gasteiger partial charge on any atom is 0.0921 e. The number of nitrogens with zero attached hydrogens (tertiary/aromatic N) is 1. The topological polar surface area (TPSA) is 62.3 Å². The van der Waals surface area contributed by atoms with Gasteiger partial charge in [0.25, 0.3) is 0 Å². The van der Waals surface area contributed by atoms with E-state index in [1.54, 1.807) is 0 Å². The average molecular weight is 225 g/mol. The minimum atomic E-state index is 0.313. The summed E-state index contributed by atoms with van der Waals surface area (Å²) in [6.45, 7) is 4.04. The van der Waals surface area contributed by atoms with Crippen LogP contribution < -0.4 is 5.73 Å². The zero-order chi connectivity index (χ0) is 11.5. The minimum Gasteiger partial charge on any atom is -0.388 e. The van der Waals surface area contributed by atoms with Gasteiger partial charge in [0, 0.05) is 25.0 Å². The molecular formula is C12H23N3O. The molecule has 4 heteroatoms. The highest BCUT2D eigenvalue weighted by Crippen LogP contribution is 2.32. The molecular weight excluding hydrogens is 202 g/mol. The predicted octanol–water partition coefficient (Wildman–Crippen LogP) is 1.34. The fourth-order valence-corrected chi connectivity index (χ4v) is 3.16. The third kappa shape index (κ3) is 2.38. The molecule has 16 heavy (non-hydrogen) atoms. The summed E-state index contributed by atoms with van der Waals surface area (Å²) in [7, 11) is 0. The highest BCUT2D eigenvalue weighted by atomic mass is 16.5. The number of fused-ring (bicyclic) bond motifs is 1. The molecule has 3 unspecified atom stereocenters. The number of amidine groups is 1. The molecule has 3 N–H and O–H groups in total. The van der Waals surface area contributed by atoms with Crippen molar-refractivity contribution in [3.8, 4) is 0 Å². The van der Waals surface area contributed by atoms with Crippen molar-refractivity contribution < 1.29 is 4.74 Å². The summed E-state index contributed by atoms with van der Waals surface area (Å²) in [5.41, 5.74) is 5.54. The minimum absolute atomic E-state index is 0.313. The van der Waals surface area contributed by atoms with Crippen molar-refractivity contribution >= 4 is 5.84 Å². The first kappa shape index (κ1) is 11.9. The fourth-order valence-electron chi connectivity index (χ4n) is 3.16. The van der Waals surface area contributed by atoms with Gasteiger partial charge in [0.15, 0.2) is 0 Å². The second kappa shape index (κ2) is 5.15. The van der Waals surface area contributed by atoms with E-state index in [1.807, 2.05) is 0 Å². The molecule has 92 valence electrons. The van der Waals surface area contributed by atoms with Crippen LogP contribution in [0.2, 0.25) is 0 Å². The lowest BCUT2D eigenvalue weighted by Gasteiger charge is -2.42. The lowest BCUT2D eigenvalue weighted by atomic mass is 10.0. The van der Waals surface area contributed by atoms with Gasteiger partial charge < -0.3 is 10.5 Å². The van der Waals surface area contributed by atoms with Crippen molar-refractivity contribution in [3.63, 3.8) is 0 Å². The van der Waals surface area contributed by atoms with E-state index in [0.717, 1.165) is 19.6 Å². The van der Waals surface area contributed by atoms with E-state index in [1.165, 1.54) is 19.3 Å². The molecule has 0 aromatic carbocycles. The van der Waals surface area contributed by atoms with Crippen LogP contribution in [0.15, 0.2) is 0 Å². The first-order valence-corrected chi connectivity index (χ1v) is 6.42. The van der Waals surface area contributed by atoms with Gasteiger partial charge in [0.1, 0.15) is 0 Å². The van der Waals surface area contributed by atoms with Gasteiger partial charge in [-0.3, -0.25) is 10.3 Å². The quantitative estimate of drug-likeness (QED) is 0.560. The maximum atomic E-state index is 7.46. The Morgan fingerprint density at radius 2 is 2.38 bits per heavy atom. The van der Waals surface area contributed by atoms with Gasteiger partial charge in [0.2, 0.25) is 0 Å². The molecule has 1 saturated heterocycles. The summed E-state index contributed by atoms with van der Waals surface area (Å²) >= 11 is 0. The third-order valence-corrected chi connectivity index (χ3v) is 3.92. The number of rotatable bonds is 4. The lowest BCUT2D eigenvalue weighted by Crippen LogP contribution is -2.53. The van der Waals surface area contributed by atoms with Crippen LogP contribution in [-0.4, -0.2) is 42.1 Å². The fraction of sp³-hybridized carbons (Fsp3) is 0.917. The third-order valence-electron chi connectivity index (χ3n) is 3.92. The Labute approximate surface area is 97.6 Å². The van der Waals surface area contributed by atoms with Crippen LogP contribution in [0.4, 0.5) is 0 Å². The summed E-state index contributed by atoms with van der Waals surface area (Å²) in [5, 5.41) is 7.46. The Bertz CT molecular complexity index is 257. The van der Waals surface area contributed by atoms with Crippen LogP contribution in [0.1, 0.15) is 39.0 Å². The summed E-state index contributed by atoms with van der Waals surface area (Å²) < 4.78 is 5.81. The van der Waals surface area contributed by atoms with Gasteiger partial charge in [-0.2, -0.15) is 0 Å². The van der Waals surface area contributed by atoms with E-state index >= 15 is 0 Å². The molecule has 2 fully saturated rings. The molecule has 0 amide bonds. The summed E-state index contributed by atoms with van der Waals surface area (Å²) in [4.78, 5) is 2.54. The van der Waals surface area contributed by atoms with Gasteiger partial charge in [0.05, 0.1) is 18.5 Å². The van der Waals surface area contributed by atoms with Crippen molar-refractivity contribution in [2.45, 2.75) is 57.2 Å². The van der Waals surface area contributed by atoms with E-state index in [-0.39, 0.29) is 0 Å². The first-order chi connectivity index (χ1) is 7.72. The van der Waals surface area contributed by atoms with Gasteiger partial charge in [-0.1, -0.05) is 6.92 Å². The van der Waals surface area contributed by atoms with Crippen LogP contribution in [0, 0.1) is 5.41 Å². The molecule has 0 radical (unpaired) electrons. The zero-order valence-corrected chi connectivity index (χ0v) is 10.1. The van der Waals surface area contributed by atoms with E-state index < -0.39 is 0 Å². The SMILES string of the molecule is CCC(CC(=N)N)N1CCOC2CCCC21. The molecule has 1 aliphatic carbocycles. The Hall–Kier alpha value is -0.610. The van der Waals surface area contributed by atoms with Crippen LogP contribution in [0.25, 0.3) is 0 Å². The molecule has 3 atom stereocenters. The molecule has 0 aromatic heterocycles. The number of ether oxygens (including phenoxy) is 1. The van der Waals surface area contributed by atoms with Gasteiger partial charge in [-0.15, -0.1) is 0 Å². The maximum absolute atomic E-state index is 7.46. The largest absolute Gasteiger partial charge is 0.388 e. The van der Waals surface area contributed by atoms with Crippen molar-refractivity contribution in [3.05, 3.63) is 0 Å². The Kier molecular flexibility index (Phi) is 3.82. The smallest absolute Gasteiger partial charge is 0.0921 e. The summed E-state index contributed by atoms with van der Waals surface area (Å²) in [6.07, 6.45) is 5.96. The molecule has 4 nitrogen and oxygen atoms in total. The zero-order valence-electron chi connectivity index (χ0n) is 10.1. The number of nitrogens with two attached hydrogens (primary N) is 1. The molecule has 1 saturated carbocycles. The summed E-state index contributed by atoms with van der Waals surface area (Å²) in [6, 6.07) is 1.02. The molecule has 1 aliphatic heterocycles. The molecule has 2 rings (SSSR count). The van der Waals surface area contributed by atoms with E-state index in [9.17, 15) is 0 Å². The van der Waals surface area contributed by atoms with Gasteiger partial charge >= 0.3 is 0 Å². The summed E-state index contributed by atoms with van der Waals surface area (Å²) in [5.74, 6) is 0.313. The number of nitrogens with one attached hydrogen (secondary N) is 1. The van der Waals surface area contributed by atoms with Gasteiger partial charge in [-0.25, -0.2) is 0 Å². The molecule has 0 aromatic rings. The van der Waals surface area contributed by atoms with E-state index in [4.69, 9.17) is 15.9 Å². The lowest BCUT2D eigenvalue weighted by molar-refractivity contribution is -0.0712. The molecule has 0 bridgehead atoms. The first-order valence-electron chi connectivity index (χ1n) is 6.42. The monoisotopic (exact) mass is 225 g/mol. The standard InChI is InChI=1S/C12H23N3O/c1-2-9(8-12(13)14)15-6-7-16-11-5-3-4-10(11)15/h9-11H,2-8H2,1H3,(H3,13,14). The van der Waals surface area contributed by atoms with E-state index in [0.29, 0.717) is 30.4 Å². The van der Waals surface area contributed by atoms with Crippen LogP contribution in [0.3, 0.4) is 0 Å². The molecule has 2 aliphatic rings. The predicted molar refractivity (Wildman–Crippen MR) is 64.7 cm³/mol. The number of hydrogen-bond donors (Lipinski definition) is 2.